The molecular weight excluding hydrogens is 450 g/mol. The molecule has 0 bridgehead atoms. The number of nitrogens with two attached hydrogens (primary N) is 2. The van der Waals surface area contributed by atoms with Crippen LogP contribution < -0.4 is 27.4 Å². The Bertz CT molecular complexity index is 838. The lowest BCUT2D eigenvalue weighted by Gasteiger charge is -2.24. The molecule has 0 spiro atoms. The van der Waals surface area contributed by atoms with Crippen molar-refractivity contribution in [1.82, 2.24) is 16.0 Å². The molecule has 0 heterocycles. The van der Waals surface area contributed by atoms with E-state index in [0.717, 1.165) is 5.56 Å². The summed E-state index contributed by atoms with van der Waals surface area (Å²) in [6, 6.07) is 4.39. The Hall–Kier alpha value is -3.12. The van der Waals surface area contributed by atoms with Crippen LogP contribution in [0.4, 0.5) is 0 Å². The molecule has 0 radical (unpaired) electrons. The molecule has 0 saturated heterocycles. The van der Waals surface area contributed by atoms with E-state index < -0.39 is 53.8 Å². The van der Waals surface area contributed by atoms with Crippen molar-refractivity contribution in [3.05, 3.63) is 35.9 Å². The van der Waals surface area contributed by atoms with Gasteiger partial charge in [-0.25, -0.2) is 4.79 Å². The van der Waals surface area contributed by atoms with Gasteiger partial charge in [-0.15, -0.1) is 0 Å². The van der Waals surface area contributed by atoms with Crippen molar-refractivity contribution in [1.29, 1.82) is 0 Å². The Balaban J connectivity index is 2.91. The molecule has 1 aromatic carbocycles. The molecular formula is C21H31N5O6S. The fourth-order valence-corrected chi connectivity index (χ4v) is 3.29. The van der Waals surface area contributed by atoms with E-state index in [9.17, 15) is 29.1 Å². The van der Waals surface area contributed by atoms with Gasteiger partial charge < -0.3 is 32.5 Å². The number of carbonyl (C=O) groups excluding carboxylic acids is 4. The van der Waals surface area contributed by atoms with Crippen LogP contribution in [0.25, 0.3) is 0 Å². The summed E-state index contributed by atoms with van der Waals surface area (Å²) in [7, 11) is 0. The third kappa shape index (κ3) is 10.4. The summed E-state index contributed by atoms with van der Waals surface area (Å²) in [6.07, 6.45) is 1.77. The summed E-state index contributed by atoms with van der Waals surface area (Å²) in [4.78, 5) is 60.0. The summed E-state index contributed by atoms with van der Waals surface area (Å²) in [6.45, 7) is 1.39. The number of aliphatic carboxylic acids is 1. The predicted octanol–water partition coefficient (Wildman–Crippen LogP) is -1.26. The van der Waals surface area contributed by atoms with Gasteiger partial charge in [0.2, 0.25) is 23.6 Å². The van der Waals surface area contributed by atoms with Gasteiger partial charge in [0.25, 0.3) is 0 Å². The quantitative estimate of drug-likeness (QED) is 0.189. The molecule has 0 saturated carbocycles. The average molecular weight is 482 g/mol. The molecule has 0 aliphatic carbocycles. The second-order valence-electron chi connectivity index (χ2n) is 7.44. The number of carbonyl (C=O) groups is 5. The van der Waals surface area contributed by atoms with Crippen molar-refractivity contribution < 1.29 is 29.1 Å². The highest BCUT2D eigenvalue weighted by Gasteiger charge is 2.29. The lowest BCUT2D eigenvalue weighted by molar-refractivity contribution is -0.142. The molecule has 4 amide bonds. The van der Waals surface area contributed by atoms with Crippen molar-refractivity contribution in [2.45, 2.75) is 50.4 Å². The van der Waals surface area contributed by atoms with Gasteiger partial charge >= 0.3 is 5.97 Å². The lowest BCUT2D eigenvalue weighted by Crippen LogP contribution is -2.57. The van der Waals surface area contributed by atoms with Crippen LogP contribution >= 0.6 is 11.8 Å². The Kier molecular flexibility index (Phi) is 11.9. The first kappa shape index (κ1) is 27.9. The average Bonchev–Trinajstić information content (AvgIpc) is 2.75. The van der Waals surface area contributed by atoms with E-state index in [-0.39, 0.29) is 19.3 Å². The predicted molar refractivity (Wildman–Crippen MR) is 124 cm³/mol. The van der Waals surface area contributed by atoms with Gasteiger partial charge in [0, 0.05) is 6.42 Å². The molecule has 12 heteroatoms. The molecule has 1 aromatic rings. The van der Waals surface area contributed by atoms with Gasteiger partial charge in [0.05, 0.1) is 12.5 Å². The third-order valence-electron chi connectivity index (χ3n) is 4.65. The van der Waals surface area contributed by atoms with Gasteiger partial charge in [-0.1, -0.05) is 30.3 Å². The monoisotopic (exact) mass is 481 g/mol. The minimum atomic E-state index is -1.21. The SMILES string of the molecule is CSCCC(NC(=O)C(Cc1ccccc1)NC(=O)C(C)NC(=O)C(N)CC(N)=O)C(=O)O. The largest absolute Gasteiger partial charge is 0.480 e. The molecule has 0 aromatic heterocycles. The van der Waals surface area contributed by atoms with Crippen LogP contribution in [-0.4, -0.2) is 70.9 Å². The van der Waals surface area contributed by atoms with Gasteiger partial charge in [-0.3, -0.25) is 19.2 Å². The summed E-state index contributed by atoms with van der Waals surface area (Å²) >= 11 is 1.45. The molecule has 4 atom stereocenters. The summed E-state index contributed by atoms with van der Waals surface area (Å²) in [5, 5.41) is 16.8. The molecule has 33 heavy (non-hydrogen) atoms. The van der Waals surface area contributed by atoms with Gasteiger partial charge in [-0.2, -0.15) is 11.8 Å². The molecule has 0 aliphatic heterocycles. The second-order valence-corrected chi connectivity index (χ2v) is 8.42. The van der Waals surface area contributed by atoms with Crippen molar-refractivity contribution in [2.24, 2.45) is 11.5 Å². The van der Waals surface area contributed by atoms with Crippen molar-refractivity contribution in [2.75, 3.05) is 12.0 Å². The Morgan fingerprint density at radius 3 is 2.12 bits per heavy atom. The first-order chi connectivity index (χ1) is 15.5. The van der Waals surface area contributed by atoms with Gasteiger partial charge in [0.1, 0.15) is 18.1 Å². The topological polar surface area (TPSA) is 194 Å². The molecule has 182 valence electrons. The number of rotatable bonds is 14. The van der Waals surface area contributed by atoms with Crippen LogP contribution in [0.5, 0.6) is 0 Å². The van der Waals surface area contributed by atoms with Crippen molar-refractivity contribution in [3.63, 3.8) is 0 Å². The Labute approximate surface area is 196 Å². The fourth-order valence-electron chi connectivity index (χ4n) is 2.82. The van der Waals surface area contributed by atoms with E-state index >= 15 is 0 Å². The van der Waals surface area contributed by atoms with E-state index in [1.165, 1.54) is 18.7 Å². The molecule has 0 aliphatic rings. The second kappa shape index (κ2) is 14.1. The van der Waals surface area contributed by atoms with Crippen LogP contribution in [0.2, 0.25) is 0 Å². The van der Waals surface area contributed by atoms with Crippen LogP contribution in [-0.2, 0) is 30.4 Å². The molecule has 11 nitrogen and oxygen atoms in total. The van der Waals surface area contributed by atoms with E-state index in [1.54, 1.807) is 30.3 Å². The molecule has 0 fully saturated rings. The highest BCUT2D eigenvalue weighted by atomic mass is 32.2. The van der Waals surface area contributed by atoms with Crippen molar-refractivity contribution in [3.8, 4) is 0 Å². The maximum absolute atomic E-state index is 12.9. The van der Waals surface area contributed by atoms with Crippen LogP contribution in [0.3, 0.4) is 0 Å². The number of carboxylic acid groups (broad SMARTS) is 1. The zero-order valence-corrected chi connectivity index (χ0v) is 19.4. The van der Waals surface area contributed by atoms with E-state index in [4.69, 9.17) is 11.5 Å². The highest BCUT2D eigenvalue weighted by Crippen LogP contribution is 2.06. The minimum absolute atomic E-state index is 0.106. The standard InChI is InChI=1S/C21H31N5O6S/c1-12(24-19(29)14(22)11-17(23)27)18(28)26-16(10-13-6-4-3-5-7-13)20(30)25-15(21(31)32)8-9-33-2/h3-7,12,14-16H,8-11,22H2,1-2H3,(H2,23,27)(H,24,29)(H,25,30)(H,26,28)(H,31,32). The number of amides is 4. The fraction of sp³-hybridized carbons (Fsp3) is 0.476. The van der Waals surface area contributed by atoms with Crippen LogP contribution in [0.1, 0.15) is 25.3 Å². The Morgan fingerprint density at radius 1 is 0.970 bits per heavy atom. The normalized spacial score (nSPS) is 14.3. The zero-order valence-electron chi connectivity index (χ0n) is 18.6. The Morgan fingerprint density at radius 2 is 1.58 bits per heavy atom. The van der Waals surface area contributed by atoms with Crippen molar-refractivity contribution >= 4 is 41.4 Å². The maximum Gasteiger partial charge on any atom is 0.326 e. The van der Waals surface area contributed by atoms with Crippen LogP contribution in [0.15, 0.2) is 30.3 Å². The maximum atomic E-state index is 12.9. The molecule has 8 N–H and O–H groups in total. The number of hydrogen-bond donors (Lipinski definition) is 6. The first-order valence-electron chi connectivity index (χ1n) is 10.3. The number of primary amides is 1. The third-order valence-corrected chi connectivity index (χ3v) is 5.29. The summed E-state index contributed by atoms with van der Waals surface area (Å²) in [5.74, 6) is -3.49. The minimum Gasteiger partial charge on any atom is -0.480 e. The van der Waals surface area contributed by atoms with E-state index in [2.05, 4.69) is 16.0 Å². The van der Waals surface area contributed by atoms with Gasteiger partial charge in [0.15, 0.2) is 0 Å². The summed E-state index contributed by atoms with van der Waals surface area (Å²) in [5.41, 5.74) is 11.3. The number of benzene rings is 1. The van der Waals surface area contributed by atoms with E-state index in [0.29, 0.717) is 5.75 Å². The van der Waals surface area contributed by atoms with Gasteiger partial charge in [-0.05, 0) is 30.9 Å². The lowest BCUT2D eigenvalue weighted by atomic mass is 10.0. The number of carboxylic acids is 1. The number of thioether (sulfide) groups is 1. The highest BCUT2D eigenvalue weighted by molar-refractivity contribution is 7.98. The van der Waals surface area contributed by atoms with E-state index in [1.807, 2.05) is 6.26 Å². The van der Waals surface area contributed by atoms with Crippen LogP contribution in [0, 0.1) is 0 Å². The number of hydrogen-bond acceptors (Lipinski definition) is 7. The first-order valence-corrected chi connectivity index (χ1v) is 11.6. The zero-order chi connectivity index (χ0) is 25.0. The molecule has 4 unspecified atom stereocenters. The number of nitrogens with one attached hydrogen (secondary N) is 3. The smallest absolute Gasteiger partial charge is 0.326 e. The summed E-state index contributed by atoms with van der Waals surface area (Å²) < 4.78 is 0. The molecule has 1 rings (SSSR count).